The largest absolute Gasteiger partial charge is 0.302 e. The molecule has 0 unspecified atom stereocenters. The van der Waals surface area contributed by atoms with E-state index >= 15 is 0 Å². The van der Waals surface area contributed by atoms with Gasteiger partial charge in [-0.2, -0.15) is 10.4 Å². The van der Waals surface area contributed by atoms with Gasteiger partial charge < -0.3 is 5.32 Å². The van der Waals surface area contributed by atoms with Crippen LogP contribution in [0.4, 0.5) is 5.13 Å². The number of aryl methyl sites for hydroxylation is 1. The van der Waals surface area contributed by atoms with Crippen LogP contribution in [-0.4, -0.2) is 39.8 Å². The summed E-state index contributed by atoms with van der Waals surface area (Å²) in [5.74, 6) is -0.0845. The molecule has 0 saturated heterocycles. The summed E-state index contributed by atoms with van der Waals surface area (Å²) >= 11 is 2.73. The summed E-state index contributed by atoms with van der Waals surface area (Å²) in [6, 6.07) is 11.8. The Bertz CT molecular complexity index is 934. The van der Waals surface area contributed by atoms with Crippen molar-refractivity contribution in [3.63, 3.8) is 0 Å². The number of amides is 2. The van der Waals surface area contributed by atoms with Crippen molar-refractivity contribution >= 4 is 45.8 Å². The average molecular weight is 414 g/mol. The molecule has 0 atom stereocenters. The van der Waals surface area contributed by atoms with E-state index in [0.717, 1.165) is 21.2 Å². The highest BCUT2D eigenvalue weighted by Gasteiger charge is 2.22. The van der Waals surface area contributed by atoms with Crippen LogP contribution >= 0.6 is 23.1 Å². The molecule has 0 saturated carbocycles. The Hall–Kier alpha value is -2.70. The number of nitrogens with zero attached hydrogens (tertiary/aromatic N) is 4. The Morgan fingerprint density at radius 1 is 1.32 bits per heavy atom. The van der Waals surface area contributed by atoms with E-state index < -0.39 is 0 Å². The number of hydrazone groups is 1. The van der Waals surface area contributed by atoms with Crippen molar-refractivity contribution < 1.29 is 9.59 Å². The van der Waals surface area contributed by atoms with E-state index in [-0.39, 0.29) is 24.7 Å². The zero-order valence-corrected chi connectivity index (χ0v) is 17.0. The Kier molecular flexibility index (Phi) is 6.79. The van der Waals surface area contributed by atoms with Crippen molar-refractivity contribution in [1.29, 1.82) is 5.26 Å². The fourth-order valence-corrected chi connectivity index (χ4v) is 4.49. The van der Waals surface area contributed by atoms with Crippen LogP contribution in [-0.2, 0) is 9.59 Å². The summed E-state index contributed by atoms with van der Waals surface area (Å²) in [6.45, 7) is 2.38. The van der Waals surface area contributed by atoms with E-state index in [0.29, 0.717) is 23.8 Å². The molecule has 1 N–H and O–H groups in total. The number of nitrogens with one attached hydrogen (secondary N) is 1. The SMILES string of the molecule is Cc1nc(NC(=O)CCC(=O)N2CCC(c3ccccc3)=N2)sc1SCC#N. The number of hydrogen-bond donors (Lipinski definition) is 1. The molecule has 0 aliphatic carbocycles. The summed E-state index contributed by atoms with van der Waals surface area (Å²) < 4.78 is 0.910. The smallest absolute Gasteiger partial charge is 0.243 e. The number of thioether (sulfide) groups is 1. The number of nitriles is 1. The number of carbonyl (C=O) groups excluding carboxylic acids is 2. The molecular weight excluding hydrogens is 394 g/mol. The first-order valence-corrected chi connectivity index (χ1v) is 10.6. The molecular formula is C19H19N5O2S2. The maximum Gasteiger partial charge on any atom is 0.243 e. The second-order valence-electron chi connectivity index (χ2n) is 6.07. The third-order valence-corrected chi connectivity index (χ3v) is 6.33. The normalized spacial score (nSPS) is 13.1. The predicted molar refractivity (Wildman–Crippen MR) is 110 cm³/mol. The molecule has 2 aromatic rings. The van der Waals surface area contributed by atoms with Crippen molar-refractivity contribution in [3.05, 3.63) is 41.6 Å². The second-order valence-corrected chi connectivity index (χ2v) is 8.31. The van der Waals surface area contributed by atoms with Gasteiger partial charge in [-0.1, -0.05) is 53.4 Å². The highest BCUT2D eigenvalue weighted by Crippen LogP contribution is 2.31. The van der Waals surface area contributed by atoms with Crippen molar-refractivity contribution in [2.24, 2.45) is 5.10 Å². The van der Waals surface area contributed by atoms with Gasteiger partial charge in [-0.25, -0.2) is 9.99 Å². The number of thiazole rings is 1. The lowest BCUT2D eigenvalue weighted by atomic mass is 10.1. The van der Waals surface area contributed by atoms with E-state index in [1.807, 2.05) is 37.3 Å². The standard InChI is InChI=1S/C19H19N5O2S2/c1-13-18(27-12-10-20)28-19(21-13)22-16(25)7-8-17(26)24-11-9-15(23-24)14-5-3-2-4-6-14/h2-6H,7-9,11-12H2,1H3,(H,21,22,25). The van der Waals surface area contributed by atoms with Crippen LogP contribution in [0.3, 0.4) is 0 Å². The van der Waals surface area contributed by atoms with Gasteiger partial charge in [0.25, 0.3) is 0 Å². The summed E-state index contributed by atoms with van der Waals surface area (Å²) in [7, 11) is 0. The van der Waals surface area contributed by atoms with E-state index in [1.165, 1.54) is 28.1 Å². The van der Waals surface area contributed by atoms with Crippen molar-refractivity contribution in [2.75, 3.05) is 17.6 Å². The average Bonchev–Trinajstić information content (AvgIpc) is 3.32. The van der Waals surface area contributed by atoms with E-state index in [9.17, 15) is 9.59 Å². The van der Waals surface area contributed by atoms with Gasteiger partial charge in [0.05, 0.1) is 34.0 Å². The van der Waals surface area contributed by atoms with Gasteiger partial charge in [0.15, 0.2) is 5.13 Å². The molecule has 0 bridgehead atoms. The van der Waals surface area contributed by atoms with Gasteiger partial charge in [-0.15, -0.1) is 0 Å². The lowest BCUT2D eigenvalue weighted by molar-refractivity contribution is -0.132. The number of rotatable bonds is 7. The van der Waals surface area contributed by atoms with Crippen LogP contribution in [0.15, 0.2) is 39.6 Å². The summed E-state index contributed by atoms with van der Waals surface area (Å²) in [4.78, 5) is 28.8. The molecule has 1 aromatic heterocycles. The maximum atomic E-state index is 12.3. The first kappa shape index (κ1) is 20.0. The van der Waals surface area contributed by atoms with Crippen molar-refractivity contribution in [2.45, 2.75) is 30.4 Å². The van der Waals surface area contributed by atoms with Crippen LogP contribution < -0.4 is 5.32 Å². The summed E-state index contributed by atoms with van der Waals surface area (Å²) in [5.41, 5.74) is 2.69. The fourth-order valence-electron chi connectivity index (χ4n) is 2.67. The van der Waals surface area contributed by atoms with Crippen LogP contribution in [0.25, 0.3) is 0 Å². The van der Waals surface area contributed by atoms with Gasteiger partial charge in [-0.05, 0) is 12.5 Å². The van der Waals surface area contributed by atoms with Crippen LogP contribution in [0.5, 0.6) is 0 Å². The van der Waals surface area contributed by atoms with Crippen molar-refractivity contribution in [1.82, 2.24) is 9.99 Å². The molecule has 2 heterocycles. The molecule has 0 spiro atoms. The quantitative estimate of drug-likeness (QED) is 0.701. The Morgan fingerprint density at radius 3 is 2.86 bits per heavy atom. The number of hydrogen-bond acceptors (Lipinski definition) is 7. The molecule has 1 aromatic carbocycles. The third-order valence-electron chi connectivity index (χ3n) is 4.03. The predicted octanol–water partition coefficient (Wildman–Crippen LogP) is 3.42. The molecule has 1 aliphatic rings. The monoisotopic (exact) mass is 413 g/mol. The zero-order valence-electron chi connectivity index (χ0n) is 15.3. The molecule has 0 fully saturated rings. The van der Waals surface area contributed by atoms with Gasteiger partial charge in [0, 0.05) is 19.3 Å². The topological polar surface area (TPSA) is 98.4 Å². The van der Waals surface area contributed by atoms with E-state index in [1.54, 1.807) is 0 Å². The highest BCUT2D eigenvalue weighted by molar-refractivity contribution is 8.01. The van der Waals surface area contributed by atoms with Crippen LogP contribution in [0.2, 0.25) is 0 Å². The number of carbonyl (C=O) groups is 2. The molecule has 9 heteroatoms. The Labute approximate surface area is 171 Å². The molecule has 28 heavy (non-hydrogen) atoms. The number of anilines is 1. The second kappa shape index (κ2) is 9.48. The first-order chi connectivity index (χ1) is 13.6. The lowest BCUT2D eigenvalue weighted by Crippen LogP contribution is -2.24. The molecule has 1 aliphatic heterocycles. The van der Waals surface area contributed by atoms with Crippen molar-refractivity contribution in [3.8, 4) is 6.07 Å². The lowest BCUT2D eigenvalue weighted by Gasteiger charge is -2.10. The molecule has 144 valence electrons. The van der Waals surface area contributed by atoms with Crippen LogP contribution in [0.1, 0.15) is 30.5 Å². The highest BCUT2D eigenvalue weighted by atomic mass is 32.2. The number of benzene rings is 1. The molecule has 2 amide bonds. The third kappa shape index (κ3) is 5.18. The minimum absolute atomic E-state index is 0.0742. The zero-order chi connectivity index (χ0) is 19.9. The Morgan fingerprint density at radius 2 is 2.11 bits per heavy atom. The molecule has 3 rings (SSSR count). The van der Waals surface area contributed by atoms with E-state index in [2.05, 4.69) is 21.5 Å². The van der Waals surface area contributed by atoms with Crippen LogP contribution in [0, 0.1) is 18.3 Å². The minimum atomic E-state index is -0.259. The Balaban J connectivity index is 1.49. The minimum Gasteiger partial charge on any atom is -0.302 e. The van der Waals surface area contributed by atoms with Gasteiger partial charge in [0.2, 0.25) is 11.8 Å². The summed E-state index contributed by atoms with van der Waals surface area (Å²) in [5, 5.41) is 17.7. The summed E-state index contributed by atoms with van der Waals surface area (Å²) in [6.07, 6.45) is 0.881. The number of aromatic nitrogens is 1. The fraction of sp³-hybridized carbons (Fsp3) is 0.316. The van der Waals surface area contributed by atoms with Gasteiger partial charge in [-0.3, -0.25) is 9.59 Å². The van der Waals surface area contributed by atoms with E-state index in [4.69, 9.17) is 5.26 Å². The first-order valence-electron chi connectivity index (χ1n) is 8.77. The van der Waals surface area contributed by atoms with Gasteiger partial charge >= 0.3 is 0 Å². The molecule has 7 nitrogen and oxygen atoms in total. The maximum absolute atomic E-state index is 12.3. The van der Waals surface area contributed by atoms with Gasteiger partial charge in [0.1, 0.15) is 0 Å². The molecule has 0 radical (unpaired) electrons.